The van der Waals surface area contributed by atoms with Crippen LogP contribution in [0.5, 0.6) is 11.5 Å². The van der Waals surface area contributed by atoms with Crippen molar-refractivity contribution in [2.75, 3.05) is 13.2 Å². The predicted octanol–water partition coefficient (Wildman–Crippen LogP) is -1.27. The first-order valence-electron chi connectivity index (χ1n) is 10.6. The molecule has 3 heterocycles. The predicted molar refractivity (Wildman–Crippen MR) is 113 cm³/mol. The molecule has 1 fully saturated rings. The summed E-state index contributed by atoms with van der Waals surface area (Å²) in [4.78, 5) is 11.2. The molecule has 11 heteroatoms. The summed E-state index contributed by atoms with van der Waals surface area (Å²) in [5, 5.41) is 61.7. The molecule has 0 amide bonds. The number of phenolic OH excluding ortho intramolecular Hbond substituents is 1. The van der Waals surface area contributed by atoms with Crippen LogP contribution in [0.4, 0.5) is 5.69 Å². The standard InChI is InChI=1S/C22H26N2O9/c25-10-17-18(27)19(28)20(29)22(33-17)32-16-8-12-3-6-24(14(12)9-15(16)26)5-2-11-1-4-23-13(7-11)21(30)31/h1-2,4-5,8-9,13,17-20,22,25,27-29H,3,6-7,10H2,(H2,26,30,31)/p+1/t13-,17+,18+,19-,20+,22+/m0/s1. The molecule has 0 spiro atoms. The van der Waals surface area contributed by atoms with Gasteiger partial charge in [0.25, 0.3) is 0 Å². The summed E-state index contributed by atoms with van der Waals surface area (Å²) in [6.07, 6.45) is 0.883. The van der Waals surface area contributed by atoms with Crippen LogP contribution < -0.4 is 10.1 Å². The fourth-order valence-electron chi connectivity index (χ4n) is 4.07. The third-order valence-electron chi connectivity index (χ3n) is 5.98. The number of carbonyl (C=O) groups is 1. The maximum absolute atomic E-state index is 11.2. The Balaban J connectivity index is 1.52. The fourth-order valence-corrected chi connectivity index (χ4v) is 4.07. The zero-order chi connectivity index (χ0) is 23.7. The summed E-state index contributed by atoms with van der Waals surface area (Å²) in [6, 6.07) is 2.44. The van der Waals surface area contributed by atoms with Crippen molar-refractivity contribution in [2.45, 2.75) is 49.6 Å². The average molecular weight is 463 g/mol. The van der Waals surface area contributed by atoms with Gasteiger partial charge in [-0.15, -0.1) is 0 Å². The highest BCUT2D eigenvalue weighted by Gasteiger charge is 2.45. The molecule has 0 saturated carbocycles. The van der Waals surface area contributed by atoms with E-state index in [4.69, 9.17) is 14.6 Å². The minimum Gasteiger partial charge on any atom is -0.504 e. The molecule has 1 saturated heterocycles. The Morgan fingerprint density at radius 3 is 2.76 bits per heavy atom. The van der Waals surface area contributed by atoms with Gasteiger partial charge in [0, 0.05) is 24.5 Å². The SMILES string of the molecule is O=C(O)[C@@H]1CC(=CC=[N+]2CCc3cc(O[C@@H]4O[C@H](CO)[C@@H](O)[C@H](O)[C@H]4O)c(O)cc32)C=CN1. The number of aliphatic hydroxyl groups is 4. The van der Waals surface area contributed by atoms with E-state index < -0.39 is 49.3 Å². The second kappa shape index (κ2) is 9.49. The molecule has 33 heavy (non-hydrogen) atoms. The number of carboxylic acid groups (broad SMARTS) is 1. The number of hydrogen-bond donors (Lipinski definition) is 7. The van der Waals surface area contributed by atoms with E-state index in [0.29, 0.717) is 19.4 Å². The van der Waals surface area contributed by atoms with E-state index in [1.165, 1.54) is 6.07 Å². The van der Waals surface area contributed by atoms with Gasteiger partial charge in [0.15, 0.2) is 24.3 Å². The van der Waals surface area contributed by atoms with E-state index in [1.54, 1.807) is 12.3 Å². The van der Waals surface area contributed by atoms with E-state index in [9.17, 15) is 30.3 Å². The normalized spacial score (nSPS) is 33.7. The van der Waals surface area contributed by atoms with Crippen LogP contribution >= 0.6 is 0 Å². The van der Waals surface area contributed by atoms with Gasteiger partial charge in [-0.2, -0.15) is 4.58 Å². The average Bonchev–Trinajstić information content (AvgIpc) is 3.19. The molecule has 6 atom stereocenters. The lowest BCUT2D eigenvalue weighted by Gasteiger charge is -2.39. The number of allylic oxidation sites excluding steroid dienone is 2. The number of nitrogens with one attached hydrogen (secondary N) is 1. The summed E-state index contributed by atoms with van der Waals surface area (Å²) < 4.78 is 12.8. The van der Waals surface area contributed by atoms with Crippen molar-refractivity contribution >= 4 is 17.9 Å². The maximum atomic E-state index is 11.2. The highest BCUT2D eigenvalue weighted by molar-refractivity contribution is 5.76. The Labute approximate surface area is 189 Å². The van der Waals surface area contributed by atoms with Gasteiger partial charge in [-0.1, -0.05) is 0 Å². The number of fused-ring (bicyclic) bond motifs is 1. The molecule has 178 valence electrons. The second-order valence-corrected chi connectivity index (χ2v) is 8.19. The minimum absolute atomic E-state index is 0.0314. The van der Waals surface area contributed by atoms with Crippen molar-refractivity contribution in [2.24, 2.45) is 0 Å². The molecule has 0 aliphatic carbocycles. The molecule has 7 N–H and O–H groups in total. The highest BCUT2D eigenvalue weighted by atomic mass is 16.7. The summed E-state index contributed by atoms with van der Waals surface area (Å²) in [6.45, 7) is 0.0477. The number of aliphatic hydroxyl groups excluding tert-OH is 4. The van der Waals surface area contributed by atoms with Gasteiger partial charge in [0.05, 0.1) is 12.7 Å². The number of rotatable bonds is 5. The van der Waals surface area contributed by atoms with Gasteiger partial charge >= 0.3 is 5.97 Å². The van der Waals surface area contributed by atoms with Crippen molar-refractivity contribution in [3.63, 3.8) is 0 Å². The number of aromatic hydroxyl groups is 1. The van der Waals surface area contributed by atoms with Crippen molar-refractivity contribution in [1.82, 2.24) is 5.32 Å². The fraction of sp³-hybridized carbons (Fsp3) is 0.455. The Morgan fingerprint density at radius 2 is 2.03 bits per heavy atom. The van der Waals surface area contributed by atoms with E-state index in [2.05, 4.69) is 5.32 Å². The van der Waals surface area contributed by atoms with Gasteiger partial charge in [-0.3, -0.25) is 0 Å². The number of ether oxygens (including phenoxy) is 2. The van der Waals surface area contributed by atoms with Gasteiger partial charge < -0.3 is 45.4 Å². The van der Waals surface area contributed by atoms with E-state index in [-0.39, 0.29) is 11.5 Å². The van der Waals surface area contributed by atoms with Crippen molar-refractivity contribution in [3.8, 4) is 11.5 Å². The highest BCUT2D eigenvalue weighted by Crippen LogP contribution is 2.38. The van der Waals surface area contributed by atoms with Crippen LogP contribution in [-0.2, 0) is 16.0 Å². The van der Waals surface area contributed by atoms with Crippen molar-refractivity contribution < 1.29 is 49.5 Å². The molecule has 1 aromatic rings. The zero-order valence-corrected chi connectivity index (χ0v) is 17.6. The molecule has 11 nitrogen and oxygen atoms in total. The lowest BCUT2D eigenvalue weighted by atomic mass is 9.99. The van der Waals surface area contributed by atoms with Crippen LogP contribution in [-0.4, -0.2) is 97.3 Å². The molecule has 3 aliphatic rings. The maximum Gasteiger partial charge on any atom is 0.326 e. The summed E-state index contributed by atoms with van der Waals surface area (Å²) in [7, 11) is 0. The number of benzene rings is 1. The van der Waals surface area contributed by atoms with Crippen LogP contribution in [0.1, 0.15) is 12.0 Å². The Hall–Kier alpha value is -2.96. The summed E-state index contributed by atoms with van der Waals surface area (Å²) >= 11 is 0. The third-order valence-corrected chi connectivity index (χ3v) is 5.98. The lowest BCUT2D eigenvalue weighted by molar-refractivity contribution is -0.423. The number of carboxylic acids is 1. The van der Waals surface area contributed by atoms with Crippen LogP contribution in [0.2, 0.25) is 0 Å². The number of nitrogens with zero attached hydrogens (tertiary/aromatic N) is 1. The first-order valence-corrected chi connectivity index (χ1v) is 10.6. The quantitative estimate of drug-likeness (QED) is 0.261. The molecule has 0 bridgehead atoms. The van der Waals surface area contributed by atoms with Crippen LogP contribution in [0, 0.1) is 0 Å². The van der Waals surface area contributed by atoms with Crippen LogP contribution in [0.3, 0.4) is 0 Å². The van der Waals surface area contributed by atoms with Gasteiger partial charge in [0.1, 0.15) is 30.5 Å². The monoisotopic (exact) mass is 463 g/mol. The first-order chi connectivity index (χ1) is 15.8. The van der Waals surface area contributed by atoms with Gasteiger partial charge in [0.2, 0.25) is 12.0 Å². The molecule has 1 aromatic carbocycles. The van der Waals surface area contributed by atoms with Crippen molar-refractivity contribution in [3.05, 3.63) is 41.6 Å². The molecule has 4 rings (SSSR count). The third kappa shape index (κ3) is 4.72. The van der Waals surface area contributed by atoms with Gasteiger partial charge in [-0.05, 0) is 23.9 Å². The largest absolute Gasteiger partial charge is 0.504 e. The van der Waals surface area contributed by atoms with Gasteiger partial charge in [-0.25, -0.2) is 4.79 Å². The molecular formula is C22H27N2O9+. The number of hydrogen-bond acceptors (Lipinski definition) is 9. The molecular weight excluding hydrogens is 436 g/mol. The first kappa shape index (κ1) is 23.2. The van der Waals surface area contributed by atoms with Crippen molar-refractivity contribution in [1.29, 1.82) is 0 Å². The van der Waals surface area contributed by atoms with E-state index >= 15 is 0 Å². The second-order valence-electron chi connectivity index (χ2n) is 8.19. The Morgan fingerprint density at radius 1 is 1.24 bits per heavy atom. The van der Waals surface area contributed by atoms with Crippen LogP contribution in [0.25, 0.3) is 0 Å². The molecule has 3 aliphatic heterocycles. The molecule has 0 radical (unpaired) electrons. The summed E-state index contributed by atoms with van der Waals surface area (Å²) in [5.41, 5.74) is 2.46. The number of aliphatic carboxylic acids is 1. The topological polar surface area (TPSA) is 172 Å². The number of phenols is 1. The van der Waals surface area contributed by atoms with E-state index in [1.807, 2.05) is 22.9 Å². The molecule has 0 unspecified atom stereocenters. The Kier molecular flexibility index (Phi) is 6.68. The zero-order valence-electron chi connectivity index (χ0n) is 17.6. The lowest BCUT2D eigenvalue weighted by Crippen LogP contribution is -2.60. The smallest absolute Gasteiger partial charge is 0.326 e. The van der Waals surface area contributed by atoms with E-state index in [0.717, 1.165) is 16.8 Å². The Bertz CT molecular complexity index is 1000. The summed E-state index contributed by atoms with van der Waals surface area (Å²) in [5.74, 6) is -1.11. The minimum atomic E-state index is -1.58. The van der Waals surface area contributed by atoms with Crippen LogP contribution in [0.15, 0.2) is 36.1 Å². The molecule has 0 aromatic heterocycles.